The number of nitrogens with one attached hydrogen (secondary N) is 1. The number of carbonyl (C=O) groups is 1. The summed E-state index contributed by atoms with van der Waals surface area (Å²) in [6.45, 7) is -1.44. The molecule has 0 aromatic carbocycles. The molecule has 2 rings (SSSR count). The van der Waals surface area contributed by atoms with Crippen LogP contribution in [-0.2, 0) is 0 Å². The summed E-state index contributed by atoms with van der Waals surface area (Å²) in [5.41, 5.74) is 0.406. The largest absolute Gasteiger partial charge is 0.468 e. The van der Waals surface area contributed by atoms with Crippen LogP contribution in [0.15, 0.2) is 35.1 Å². The number of halogens is 5. The molecule has 1 amide bonds. The minimum atomic E-state index is -4.45. The zero-order valence-electron chi connectivity index (χ0n) is 11.2. The van der Waals surface area contributed by atoms with Gasteiger partial charge in [0.2, 0.25) is 5.88 Å². The molecule has 2 aromatic heterocycles. The van der Waals surface area contributed by atoms with E-state index in [0.29, 0.717) is 4.47 Å². The molecule has 0 radical (unpaired) electrons. The Hall–Kier alpha value is -1.87. The van der Waals surface area contributed by atoms with E-state index < -0.39 is 18.7 Å². The van der Waals surface area contributed by atoms with Crippen LogP contribution in [0.2, 0.25) is 5.15 Å². The number of amides is 1. The lowest BCUT2D eigenvalue weighted by molar-refractivity contribution is -0.154. The topological polar surface area (TPSA) is 64.1 Å². The third-order valence-corrected chi connectivity index (χ3v) is 3.16. The standard InChI is InChI=1S/C13H8BrClF3N3O2/c14-7-3-9(11(15)20-4-7)12(22)21-8-1-2-10(19-5-8)23-6-13(16,17)18/h1-5H,6H2,(H,21,22). The third-order valence-electron chi connectivity index (χ3n) is 2.43. The van der Waals surface area contributed by atoms with Crippen molar-refractivity contribution in [2.45, 2.75) is 6.18 Å². The molecular weight excluding hydrogens is 403 g/mol. The Morgan fingerprint density at radius 1 is 1.30 bits per heavy atom. The Bertz CT molecular complexity index is 711. The lowest BCUT2D eigenvalue weighted by atomic mass is 10.2. The van der Waals surface area contributed by atoms with E-state index in [0.717, 1.165) is 0 Å². The van der Waals surface area contributed by atoms with Gasteiger partial charge in [0.1, 0.15) is 5.15 Å². The SMILES string of the molecule is O=C(Nc1ccc(OCC(F)(F)F)nc1)c1cc(Br)cnc1Cl. The molecule has 0 spiro atoms. The number of hydrogen-bond acceptors (Lipinski definition) is 4. The summed E-state index contributed by atoms with van der Waals surface area (Å²) in [6, 6.07) is 4.05. The van der Waals surface area contributed by atoms with E-state index in [2.05, 4.69) is 36.0 Å². The van der Waals surface area contributed by atoms with Crippen LogP contribution in [0.4, 0.5) is 18.9 Å². The summed E-state index contributed by atoms with van der Waals surface area (Å²) >= 11 is 9.00. The van der Waals surface area contributed by atoms with Crippen molar-refractivity contribution in [1.82, 2.24) is 9.97 Å². The van der Waals surface area contributed by atoms with Crippen LogP contribution >= 0.6 is 27.5 Å². The zero-order valence-corrected chi connectivity index (χ0v) is 13.5. The molecule has 0 aliphatic heterocycles. The summed E-state index contributed by atoms with van der Waals surface area (Å²) in [5.74, 6) is -0.739. The second-order valence-electron chi connectivity index (χ2n) is 4.23. The van der Waals surface area contributed by atoms with E-state index in [1.54, 1.807) is 0 Å². The molecule has 23 heavy (non-hydrogen) atoms. The van der Waals surface area contributed by atoms with Gasteiger partial charge >= 0.3 is 6.18 Å². The zero-order chi connectivity index (χ0) is 17.0. The molecule has 2 heterocycles. The van der Waals surface area contributed by atoms with Crippen molar-refractivity contribution in [3.63, 3.8) is 0 Å². The molecule has 122 valence electrons. The highest BCUT2D eigenvalue weighted by Crippen LogP contribution is 2.21. The van der Waals surface area contributed by atoms with Crippen molar-refractivity contribution >= 4 is 39.1 Å². The molecule has 0 aliphatic rings. The lowest BCUT2D eigenvalue weighted by Crippen LogP contribution is -2.19. The maximum absolute atomic E-state index is 12.1. The Labute approximate surface area is 142 Å². The van der Waals surface area contributed by atoms with Gasteiger partial charge in [-0.1, -0.05) is 11.6 Å². The minimum Gasteiger partial charge on any atom is -0.468 e. The molecule has 0 aliphatic carbocycles. The van der Waals surface area contributed by atoms with Gasteiger partial charge in [-0.2, -0.15) is 13.2 Å². The van der Waals surface area contributed by atoms with Crippen LogP contribution in [-0.4, -0.2) is 28.7 Å². The molecule has 0 bridgehead atoms. The number of alkyl halides is 3. The summed E-state index contributed by atoms with van der Waals surface area (Å²) in [7, 11) is 0. The molecule has 10 heteroatoms. The number of aromatic nitrogens is 2. The van der Waals surface area contributed by atoms with Crippen molar-refractivity contribution < 1.29 is 22.7 Å². The summed E-state index contributed by atoms with van der Waals surface area (Å²) < 4.78 is 41.1. The van der Waals surface area contributed by atoms with Gasteiger partial charge in [0.25, 0.3) is 5.91 Å². The minimum absolute atomic E-state index is 0.0174. The summed E-state index contributed by atoms with van der Waals surface area (Å²) in [4.78, 5) is 19.6. The van der Waals surface area contributed by atoms with E-state index in [4.69, 9.17) is 11.6 Å². The monoisotopic (exact) mass is 409 g/mol. The van der Waals surface area contributed by atoms with E-state index in [9.17, 15) is 18.0 Å². The number of nitrogens with zero attached hydrogens (tertiary/aromatic N) is 2. The van der Waals surface area contributed by atoms with Crippen molar-refractivity contribution in [3.8, 4) is 5.88 Å². The quantitative estimate of drug-likeness (QED) is 0.771. The average molecular weight is 411 g/mol. The first-order chi connectivity index (χ1) is 10.7. The van der Waals surface area contributed by atoms with Crippen molar-refractivity contribution in [2.24, 2.45) is 0 Å². The highest BCUT2D eigenvalue weighted by atomic mass is 79.9. The number of hydrogen-bond donors (Lipinski definition) is 1. The predicted molar refractivity (Wildman–Crippen MR) is 80.7 cm³/mol. The van der Waals surface area contributed by atoms with Crippen LogP contribution in [0.1, 0.15) is 10.4 Å². The number of rotatable bonds is 4. The highest BCUT2D eigenvalue weighted by Gasteiger charge is 2.28. The van der Waals surface area contributed by atoms with Gasteiger partial charge in [-0.05, 0) is 28.1 Å². The third kappa shape index (κ3) is 5.36. The molecule has 0 saturated heterocycles. The van der Waals surface area contributed by atoms with Gasteiger partial charge in [-0.3, -0.25) is 4.79 Å². The first-order valence-electron chi connectivity index (χ1n) is 6.02. The van der Waals surface area contributed by atoms with Crippen molar-refractivity contribution in [1.29, 1.82) is 0 Å². The van der Waals surface area contributed by atoms with E-state index >= 15 is 0 Å². The van der Waals surface area contributed by atoms with Gasteiger partial charge < -0.3 is 10.1 Å². The smallest absolute Gasteiger partial charge is 0.422 e. The van der Waals surface area contributed by atoms with Gasteiger partial charge in [0, 0.05) is 16.7 Å². The molecule has 0 fully saturated rings. The van der Waals surface area contributed by atoms with Gasteiger partial charge in [0.15, 0.2) is 6.61 Å². The van der Waals surface area contributed by atoms with Gasteiger partial charge in [0.05, 0.1) is 17.4 Å². The fourth-order valence-electron chi connectivity index (χ4n) is 1.48. The molecule has 0 saturated carbocycles. The van der Waals surface area contributed by atoms with Gasteiger partial charge in [-0.25, -0.2) is 9.97 Å². The Morgan fingerprint density at radius 3 is 2.65 bits per heavy atom. The van der Waals surface area contributed by atoms with Crippen LogP contribution in [0.25, 0.3) is 0 Å². The molecular formula is C13H8BrClF3N3O2. The van der Waals surface area contributed by atoms with E-state index in [1.165, 1.54) is 30.6 Å². The Balaban J connectivity index is 2.03. The second kappa shape index (κ2) is 7.14. The van der Waals surface area contributed by atoms with Crippen molar-refractivity contribution in [2.75, 3.05) is 11.9 Å². The van der Waals surface area contributed by atoms with Gasteiger partial charge in [-0.15, -0.1) is 0 Å². The molecule has 0 unspecified atom stereocenters. The predicted octanol–water partition coefficient (Wildman–Crippen LogP) is 4.09. The van der Waals surface area contributed by atoms with Crippen LogP contribution < -0.4 is 10.1 Å². The lowest BCUT2D eigenvalue weighted by Gasteiger charge is -2.09. The Kier molecular flexibility index (Phi) is 5.42. The van der Waals surface area contributed by atoms with Crippen molar-refractivity contribution in [3.05, 3.63) is 45.8 Å². The van der Waals surface area contributed by atoms with E-state index in [-0.39, 0.29) is 22.3 Å². The second-order valence-corrected chi connectivity index (χ2v) is 5.51. The molecule has 2 aromatic rings. The van der Waals surface area contributed by atoms with Crippen LogP contribution in [0, 0.1) is 0 Å². The number of anilines is 1. The summed E-state index contributed by atoms with van der Waals surface area (Å²) in [6.07, 6.45) is -1.84. The van der Waals surface area contributed by atoms with E-state index in [1.807, 2.05) is 0 Å². The molecule has 1 N–H and O–H groups in total. The van der Waals surface area contributed by atoms with Crippen LogP contribution in [0.3, 0.4) is 0 Å². The molecule has 5 nitrogen and oxygen atoms in total. The van der Waals surface area contributed by atoms with Crippen LogP contribution in [0.5, 0.6) is 5.88 Å². The maximum Gasteiger partial charge on any atom is 0.422 e. The maximum atomic E-state index is 12.1. The first-order valence-corrected chi connectivity index (χ1v) is 7.20. The molecule has 0 atom stereocenters. The fourth-order valence-corrected chi connectivity index (χ4v) is 2.00. The summed E-state index contributed by atoms with van der Waals surface area (Å²) in [5, 5.41) is 2.52. The highest BCUT2D eigenvalue weighted by molar-refractivity contribution is 9.10. The number of pyridine rings is 2. The fraction of sp³-hybridized carbons (Fsp3) is 0.154. The number of carbonyl (C=O) groups excluding carboxylic acids is 1. The average Bonchev–Trinajstić information content (AvgIpc) is 2.48. The normalized spacial score (nSPS) is 11.2. The Morgan fingerprint density at radius 2 is 2.04 bits per heavy atom. The first kappa shape index (κ1) is 17.5. The number of ether oxygens (including phenoxy) is 1.